The second-order valence-corrected chi connectivity index (χ2v) is 7.03. The molecule has 1 aliphatic carbocycles. The van der Waals surface area contributed by atoms with Gasteiger partial charge in [-0.2, -0.15) is 5.26 Å². The van der Waals surface area contributed by atoms with Gasteiger partial charge in [0.15, 0.2) is 0 Å². The molecule has 1 saturated carbocycles. The van der Waals surface area contributed by atoms with E-state index >= 15 is 0 Å². The van der Waals surface area contributed by atoms with Crippen molar-refractivity contribution < 1.29 is 8.42 Å². The molecule has 5 heteroatoms. The first-order valence-corrected chi connectivity index (χ1v) is 7.22. The van der Waals surface area contributed by atoms with E-state index in [1.54, 1.807) is 24.3 Å². The number of benzene rings is 1. The Morgan fingerprint density at radius 2 is 2.00 bits per heavy atom. The Balaban J connectivity index is 2.33. The first-order valence-electron chi connectivity index (χ1n) is 4.91. The molecular formula is C11H10ClNO2S. The molecule has 1 aromatic rings. The molecule has 2 rings (SSSR count). The summed E-state index contributed by atoms with van der Waals surface area (Å²) in [5.41, 5.74) is 1.28. The highest BCUT2D eigenvalue weighted by molar-refractivity contribution is 8.15. The molecule has 0 N–H and O–H groups in total. The maximum Gasteiger partial charge on any atom is 0.238 e. The van der Waals surface area contributed by atoms with Crippen LogP contribution >= 0.6 is 10.7 Å². The highest BCUT2D eigenvalue weighted by atomic mass is 35.7. The lowest BCUT2D eigenvalue weighted by atomic mass is 10.0. The summed E-state index contributed by atoms with van der Waals surface area (Å²) in [6.07, 6.45) is 1.50. The van der Waals surface area contributed by atoms with Crippen LogP contribution in [0, 0.1) is 11.3 Å². The predicted molar refractivity (Wildman–Crippen MR) is 61.6 cm³/mol. The first kappa shape index (κ1) is 11.4. The van der Waals surface area contributed by atoms with Gasteiger partial charge in [0, 0.05) is 10.7 Å². The van der Waals surface area contributed by atoms with E-state index in [-0.39, 0.29) is 0 Å². The topological polar surface area (TPSA) is 57.9 Å². The van der Waals surface area contributed by atoms with Crippen LogP contribution < -0.4 is 0 Å². The Morgan fingerprint density at radius 3 is 2.50 bits per heavy atom. The molecule has 0 unspecified atom stereocenters. The Hall–Kier alpha value is -1.05. The zero-order valence-electron chi connectivity index (χ0n) is 8.48. The van der Waals surface area contributed by atoms with Crippen molar-refractivity contribution in [3.05, 3.63) is 35.4 Å². The monoisotopic (exact) mass is 255 g/mol. The minimum atomic E-state index is -3.55. The second kappa shape index (κ2) is 3.76. The number of nitrogens with zero attached hydrogens (tertiary/aromatic N) is 1. The summed E-state index contributed by atoms with van der Waals surface area (Å²) >= 11 is 0. The molecule has 0 amide bonds. The highest BCUT2D eigenvalue weighted by Crippen LogP contribution is 2.48. The molecule has 0 aliphatic heterocycles. The molecule has 0 spiro atoms. The smallest absolute Gasteiger partial charge is 0.212 e. The molecular weight excluding hydrogens is 246 g/mol. The van der Waals surface area contributed by atoms with Gasteiger partial charge in [0.2, 0.25) is 9.05 Å². The Morgan fingerprint density at radius 1 is 1.38 bits per heavy atom. The summed E-state index contributed by atoms with van der Waals surface area (Å²) in [7, 11) is 1.87. The van der Waals surface area contributed by atoms with Crippen molar-refractivity contribution in [2.24, 2.45) is 0 Å². The van der Waals surface area contributed by atoms with Gasteiger partial charge in [0.25, 0.3) is 0 Å². The molecule has 0 bridgehead atoms. The third kappa shape index (κ3) is 1.93. The van der Waals surface area contributed by atoms with E-state index in [2.05, 4.69) is 6.07 Å². The van der Waals surface area contributed by atoms with Crippen LogP contribution in [0.3, 0.4) is 0 Å². The van der Waals surface area contributed by atoms with Crippen LogP contribution in [0.1, 0.15) is 24.0 Å². The molecule has 1 aromatic carbocycles. The van der Waals surface area contributed by atoms with Crippen LogP contribution in [0.4, 0.5) is 0 Å². The Kier molecular flexibility index (Phi) is 2.69. The molecule has 1 aliphatic rings. The third-order valence-corrected chi connectivity index (χ3v) is 5.54. The van der Waals surface area contributed by atoms with Gasteiger partial charge in [-0.05, 0) is 30.9 Å². The molecule has 0 saturated heterocycles. The average molecular weight is 256 g/mol. The minimum absolute atomic E-state index is 0.336. The maximum absolute atomic E-state index is 11.4. The van der Waals surface area contributed by atoms with E-state index in [0.29, 0.717) is 24.8 Å². The van der Waals surface area contributed by atoms with Crippen molar-refractivity contribution in [3.63, 3.8) is 0 Å². The molecule has 0 aromatic heterocycles. The molecule has 0 radical (unpaired) electrons. The predicted octanol–water partition coefficient (Wildman–Crippen LogP) is 2.20. The van der Waals surface area contributed by atoms with Gasteiger partial charge in [-0.15, -0.1) is 0 Å². The van der Waals surface area contributed by atoms with E-state index in [9.17, 15) is 8.42 Å². The molecule has 0 atom stereocenters. The van der Waals surface area contributed by atoms with Crippen molar-refractivity contribution in [3.8, 4) is 6.07 Å². The van der Waals surface area contributed by atoms with Gasteiger partial charge in [-0.3, -0.25) is 0 Å². The lowest BCUT2D eigenvalue weighted by Crippen LogP contribution is -2.21. The minimum Gasteiger partial charge on any atom is -0.212 e. The number of rotatable bonds is 3. The average Bonchev–Trinajstić information content (AvgIpc) is 2.99. The molecule has 3 nitrogen and oxygen atoms in total. The molecule has 1 fully saturated rings. The lowest BCUT2D eigenvalue weighted by Gasteiger charge is -2.11. The number of nitriles is 1. The second-order valence-electron chi connectivity index (χ2n) is 4.07. The fourth-order valence-corrected chi connectivity index (χ4v) is 3.32. The summed E-state index contributed by atoms with van der Waals surface area (Å²) in [6, 6.07) is 9.08. The summed E-state index contributed by atoms with van der Waals surface area (Å²) in [5, 5.41) is 8.91. The van der Waals surface area contributed by atoms with E-state index in [1.807, 2.05) is 0 Å². The van der Waals surface area contributed by atoms with Crippen molar-refractivity contribution >= 4 is 19.7 Å². The van der Waals surface area contributed by atoms with Gasteiger partial charge < -0.3 is 0 Å². The normalized spacial score (nSPS) is 17.8. The maximum atomic E-state index is 11.4. The van der Waals surface area contributed by atoms with Crippen LogP contribution in [0.25, 0.3) is 0 Å². The largest absolute Gasteiger partial charge is 0.238 e. The van der Waals surface area contributed by atoms with Crippen LogP contribution in [0.2, 0.25) is 0 Å². The fourth-order valence-electron chi connectivity index (χ4n) is 1.78. The molecule has 16 heavy (non-hydrogen) atoms. The van der Waals surface area contributed by atoms with Crippen molar-refractivity contribution in [2.75, 3.05) is 0 Å². The number of hydrogen-bond acceptors (Lipinski definition) is 3. The highest BCUT2D eigenvalue weighted by Gasteiger charge is 2.53. The van der Waals surface area contributed by atoms with Gasteiger partial charge in [-0.1, -0.05) is 18.2 Å². The van der Waals surface area contributed by atoms with Crippen LogP contribution in [-0.4, -0.2) is 13.2 Å². The van der Waals surface area contributed by atoms with Gasteiger partial charge in [0.1, 0.15) is 0 Å². The quantitative estimate of drug-likeness (QED) is 0.778. The lowest BCUT2D eigenvalue weighted by molar-refractivity contribution is 0.590. The number of hydrogen-bond donors (Lipinski definition) is 0. The standard InChI is InChI=1S/C11H10ClNO2S/c12-16(14,15)11(5-6-11)7-9-3-1-2-4-10(9)8-13/h1-4H,5-7H2. The van der Waals surface area contributed by atoms with Crippen molar-refractivity contribution in [1.29, 1.82) is 5.26 Å². The van der Waals surface area contributed by atoms with Crippen LogP contribution in [0.15, 0.2) is 24.3 Å². The van der Waals surface area contributed by atoms with E-state index in [0.717, 1.165) is 5.56 Å². The zero-order valence-corrected chi connectivity index (χ0v) is 10.1. The first-order chi connectivity index (χ1) is 7.48. The molecule has 84 valence electrons. The number of halogens is 1. The summed E-state index contributed by atoms with van der Waals surface area (Å²) < 4.78 is 22.0. The van der Waals surface area contributed by atoms with Crippen LogP contribution in [-0.2, 0) is 15.5 Å². The van der Waals surface area contributed by atoms with Gasteiger partial charge in [-0.25, -0.2) is 8.42 Å². The van der Waals surface area contributed by atoms with Crippen molar-refractivity contribution in [2.45, 2.75) is 24.0 Å². The van der Waals surface area contributed by atoms with Gasteiger partial charge >= 0.3 is 0 Å². The SMILES string of the molecule is N#Cc1ccccc1CC1(S(=O)(=O)Cl)CC1. The van der Waals surface area contributed by atoms with E-state index in [4.69, 9.17) is 15.9 Å². The van der Waals surface area contributed by atoms with Gasteiger partial charge in [0.05, 0.1) is 16.4 Å². The zero-order chi connectivity index (χ0) is 11.8. The fraction of sp³-hybridized carbons (Fsp3) is 0.364. The Bertz CT molecular complexity index is 556. The van der Waals surface area contributed by atoms with E-state index in [1.165, 1.54) is 0 Å². The third-order valence-electron chi connectivity index (χ3n) is 2.98. The van der Waals surface area contributed by atoms with E-state index < -0.39 is 13.8 Å². The van der Waals surface area contributed by atoms with Crippen molar-refractivity contribution in [1.82, 2.24) is 0 Å². The van der Waals surface area contributed by atoms with Crippen LogP contribution in [0.5, 0.6) is 0 Å². The molecule has 0 heterocycles. The Labute approximate surface area is 99.1 Å². The summed E-state index contributed by atoms with van der Waals surface area (Å²) in [5.74, 6) is 0. The summed E-state index contributed by atoms with van der Waals surface area (Å²) in [4.78, 5) is 0. The summed E-state index contributed by atoms with van der Waals surface area (Å²) in [6.45, 7) is 0.